The Morgan fingerprint density at radius 3 is 3.00 bits per heavy atom. The highest BCUT2D eigenvalue weighted by molar-refractivity contribution is 5.78. The van der Waals surface area contributed by atoms with Crippen molar-refractivity contribution in [3.63, 3.8) is 0 Å². The fourth-order valence-electron chi connectivity index (χ4n) is 3.47. The first-order valence-electron chi connectivity index (χ1n) is 7.62. The Labute approximate surface area is 119 Å². The summed E-state index contributed by atoms with van der Waals surface area (Å²) >= 11 is 0. The summed E-state index contributed by atoms with van der Waals surface area (Å²) in [5.41, 5.74) is 6.72. The van der Waals surface area contributed by atoms with Crippen LogP contribution in [0.1, 0.15) is 50.8 Å². The average molecular weight is 275 g/mol. The minimum absolute atomic E-state index is 0.115. The van der Waals surface area contributed by atoms with Crippen LogP contribution in [0.4, 0.5) is 4.39 Å². The largest absolute Gasteiger partial charge is 0.456 e. The van der Waals surface area contributed by atoms with Crippen LogP contribution in [0.25, 0.3) is 11.0 Å². The zero-order valence-corrected chi connectivity index (χ0v) is 11.9. The second-order valence-electron chi connectivity index (χ2n) is 6.03. The molecule has 1 saturated carbocycles. The molecule has 3 atom stereocenters. The van der Waals surface area contributed by atoms with Crippen LogP contribution in [0.15, 0.2) is 28.7 Å². The number of nitrogens with two attached hydrogens (primary N) is 1. The molecular formula is C17H22FNO. The third-order valence-electron chi connectivity index (χ3n) is 4.75. The van der Waals surface area contributed by atoms with Gasteiger partial charge in [0.1, 0.15) is 5.76 Å². The molecule has 1 aliphatic carbocycles. The highest BCUT2D eigenvalue weighted by atomic mass is 19.1. The Balaban J connectivity index is 1.84. The van der Waals surface area contributed by atoms with E-state index in [2.05, 4.69) is 6.92 Å². The smallest absolute Gasteiger partial charge is 0.169 e. The van der Waals surface area contributed by atoms with Crippen molar-refractivity contribution in [1.82, 2.24) is 0 Å². The van der Waals surface area contributed by atoms with Gasteiger partial charge in [0.15, 0.2) is 11.4 Å². The fourth-order valence-corrected chi connectivity index (χ4v) is 3.47. The first kappa shape index (κ1) is 13.6. The molecule has 108 valence electrons. The minimum atomic E-state index is -0.309. The molecular weight excluding hydrogens is 253 g/mol. The summed E-state index contributed by atoms with van der Waals surface area (Å²) in [6.07, 6.45) is 6.09. The first-order chi connectivity index (χ1) is 9.69. The van der Waals surface area contributed by atoms with Crippen LogP contribution in [-0.4, -0.2) is 0 Å². The zero-order chi connectivity index (χ0) is 14.1. The summed E-state index contributed by atoms with van der Waals surface area (Å²) in [5.74, 6) is 1.65. The van der Waals surface area contributed by atoms with E-state index in [1.54, 1.807) is 6.07 Å². The van der Waals surface area contributed by atoms with E-state index in [4.69, 9.17) is 10.2 Å². The van der Waals surface area contributed by atoms with E-state index in [1.807, 2.05) is 12.1 Å². The third-order valence-corrected chi connectivity index (χ3v) is 4.75. The summed E-state index contributed by atoms with van der Waals surface area (Å²) in [6, 6.07) is 6.79. The summed E-state index contributed by atoms with van der Waals surface area (Å²) in [4.78, 5) is 0. The summed E-state index contributed by atoms with van der Waals surface area (Å²) in [6.45, 7) is 2.25. The zero-order valence-electron chi connectivity index (χ0n) is 11.9. The van der Waals surface area contributed by atoms with Crippen molar-refractivity contribution in [3.8, 4) is 0 Å². The number of fused-ring (bicyclic) bond motifs is 1. The Kier molecular flexibility index (Phi) is 3.79. The quantitative estimate of drug-likeness (QED) is 0.874. The molecule has 0 radical (unpaired) electrons. The Morgan fingerprint density at radius 2 is 2.25 bits per heavy atom. The van der Waals surface area contributed by atoms with Crippen molar-refractivity contribution in [2.45, 2.75) is 45.1 Å². The highest BCUT2D eigenvalue weighted by Gasteiger charge is 2.28. The van der Waals surface area contributed by atoms with Crippen molar-refractivity contribution in [2.24, 2.45) is 17.6 Å². The van der Waals surface area contributed by atoms with Gasteiger partial charge in [-0.25, -0.2) is 4.39 Å². The third kappa shape index (κ3) is 2.47. The van der Waals surface area contributed by atoms with Crippen molar-refractivity contribution >= 4 is 11.0 Å². The molecule has 0 bridgehead atoms. The number of hydrogen-bond acceptors (Lipinski definition) is 2. The highest BCUT2D eigenvalue weighted by Crippen LogP contribution is 2.38. The van der Waals surface area contributed by atoms with Crippen molar-refractivity contribution in [2.75, 3.05) is 0 Å². The van der Waals surface area contributed by atoms with E-state index >= 15 is 0 Å². The van der Waals surface area contributed by atoms with Crippen molar-refractivity contribution in [1.29, 1.82) is 0 Å². The molecule has 1 heterocycles. The summed E-state index contributed by atoms with van der Waals surface area (Å²) in [5, 5.41) is 0.804. The number of rotatable bonds is 3. The van der Waals surface area contributed by atoms with E-state index in [0.717, 1.165) is 29.9 Å². The number of hydrogen-bond donors (Lipinski definition) is 1. The maximum atomic E-state index is 13.7. The lowest BCUT2D eigenvalue weighted by atomic mass is 9.76. The predicted molar refractivity (Wildman–Crippen MR) is 78.8 cm³/mol. The minimum Gasteiger partial charge on any atom is -0.456 e. The van der Waals surface area contributed by atoms with Crippen LogP contribution in [0, 0.1) is 17.7 Å². The Morgan fingerprint density at radius 1 is 1.40 bits per heavy atom. The maximum Gasteiger partial charge on any atom is 0.169 e. The molecule has 0 aliphatic heterocycles. The van der Waals surface area contributed by atoms with Gasteiger partial charge in [-0.2, -0.15) is 0 Å². The van der Waals surface area contributed by atoms with Crippen LogP contribution < -0.4 is 5.73 Å². The fraction of sp³-hybridized carbons (Fsp3) is 0.529. The number of furan rings is 1. The SMILES string of the molecule is CCC1CCCC(C(N)c2cc3cccc(F)c3o2)C1. The lowest BCUT2D eigenvalue weighted by molar-refractivity contribution is 0.218. The van der Waals surface area contributed by atoms with Crippen LogP contribution in [0.3, 0.4) is 0 Å². The molecule has 1 aromatic carbocycles. The van der Waals surface area contributed by atoms with Gasteiger partial charge in [0.25, 0.3) is 0 Å². The van der Waals surface area contributed by atoms with E-state index in [0.29, 0.717) is 11.5 Å². The lowest BCUT2D eigenvalue weighted by Gasteiger charge is -2.31. The molecule has 3 rings (SSSR count). The average Bonchev–Trinajstić information content (AvgIpc) is 2.92. The normalized spacial score (nSPS) is 24.9. The van der Waals surface area contributed by atoms with E-state index < -0.39 is 0 Å². The standard InChI is InChI=1S/C17H22FNO/c1-2-11-5-3-6-12(9-11)16(19)15-10-13-7-4-8-14(18)17(13)20-15/h4,7-8,10-12,16H,2-3,5-6,9,19H2,1H3. The maximum absolute atomic E-state index is 13.7. The molecule has 3 heteroatoms. The Bertz CT molecular complexity index is 592. The van der Waals surface area contributed by atoms with Gasteiger partial charge in [0.2, 0.25) is 0 Å². The van der Waals surface area contributed by atoms with E-state index in [1.165, 1.54) is 25.3 Å². The van der Waals surface area contributed by atoms with Crippen LogP contribution in [0.2, 0.25) is 0 Å². The molecule has 2 aromatic rings. The Hall–Kier alpha value is -1.35. The van der Waals surface area contributed by atoms with Gasteiger partial charge in [-0.05, 0) is 36.8 Å². The monoisotopic (exact) mass is 275 g/mol. The van der Waals surface area contributed by atoms with Gasteiger partial charge in [0, 0.05) is 5.39 Å². The first-order valence-corrected chi connectivity index (χ1v) is 7.62. The number of halogens is 1. The number of benzene rings is 1. The van der Waals surface area contributed by atoms with Crippen molar-refractivity contribution in [3.05, 3.63) is 35.8 Å². The molecule has 0 saturated heterocycles. The summed E-state index contributed by atoms with van der Waals surface area (Å²) < 4.78 is 19.4. The molecule has 1 fully saturated rings. The number of para-hydroxylation sites is 1. The van der Waals surface area contributed by atoms with Gasteiger partial charge in [-0.15, -0.1) is 0 Å². The van der Waals surface area contributed by atoms with E-state index in [9.17, 15) is 4.39 Å². The molecule has 3 unspecified atom stereocenters. The van der Waals surface area contributed by atoms with Gasteiger partial charge < -0.3 is 10.2 Å². The molecule has 1 aromatic heterocycles. The van der Waals surface area contributed by atoms with Crippen molar-refractivity contribution < 1.29 is 8.81 Å². The second kappa shape index (κ2) is 5.57. The van der Waals surface area contributed by atoms with Gasteiger partial charge in [-0.3, -0.25) is 0 Å². The molecule has 2 N–H and O–H groups in total. The topological polar surface area (TPSA) is 39.2 Å². The second-order valence-corrected chi connectivity index (χ2v) is 6.03. The molecule has 20 heavy (non-hydrogen) atoms. The van der Waals surface area contributed by atoms with Crippen LogP contribution in [0.5, 0.6) is 0 Å². The van der Waals surface area contributed by atoms with Crippen LogP contribution >= 0.6 is 0 Å². The molecule has 2 nitrogen and oxygen atoms in total. The van der Waals surface area contributed by atoms with Gasteiger partial charge in [-0.1, -0.05) is 38.3 Å². The lowest BCUT2D eigenvalue weighted by Crippen LogP contribution is -2.26. The molecule has 1 aliphatic rings. The van der Waals surface area contributed by atoms with Crippen LogP contribution in [-0.2, 0) is 0 Å². The molecule has 0 amide bonds. The van der Waals surface area contributed by atoms with Gasteiger partial charge in [0.05, 0.1) is 6.04 Å². The van der Waals surface area contributed by atoms with E-state index in [-0.39, 0.29) is 11.9 Å². The van der Waals surface area contributed by atoms with Gasteiger partial charge >= 0.3 is 0 Å². The predicted octanol–water partition coefficient (Wildman–Crippen LogP) is 4.79. The molecule has 0 spiro atoms. The summed E-state index contributed by atoms with van der Waals surface area (Å²) in [7, 11) is 0.